The molecule has 0 saturated carbocycles. The third kappa shape index (κ3) is 4.09. The molecule has 0 amide bonds. The average Bonchev–Trinajstić information content (AvgIpc) is 3.10. The quantitative estimate of drug-likeness (QED) is 0.372. The van der Waals surface area contributed by atoms with Gasteiger partial charge in [0.25, 0.3) is 5.56 Å². The van der Waals surface area contributed by atoms with Gasteiger partial charge < -0.3 is 4.98 Å². The van der Waals surface area contributed by atoms with E-state index in [1.165, 1.54) is 40.3 Å². The molecule has 2 heterocycles. The number of aromatic nitrogens is 4. The Morgan fingerprint density at radius 1 is 1.17 bits per heavy atom. The molecular formula is C19H17N5O3S2. The van der Waals surface area contributed by atoms with Crippen LogP contribution in [0.2, 0.25) is 0 Å². The fraction of sp³-hybridized carbons (Fsp3) is 0.105. The largest absolute Gasteiger partial charge is 0.301 e. The highest BCUT2D eigenvalue weighted by Crippen LogP contribution is 2.22. The molecule has 2 aromatic carbocycles. The van der Waals surface area contributed by atoms with E-state index < -0.39 is 10.0 Å². The van der Waals surface area contributed by atoms with Crippen molar-refractivity contribution in [3.63, 3.8) is 0 Å². The smallest absolute Gasteiger partial charge is 0.262 e. The molecular weight excluding hydrogens is 410 g/mol. The zero-order valence-electron chi connectivity index (χ0n) is 15.4. The van der Waals surface area contributed by atoms with Crippen molar-refractivity contribution in [1.29, 1.82) is 0 Å². The predicted octanol–water partition coefficient (Wildman–Crippen LogP) is 2.36. The van der Waals surface area contributed by atoms with Crippen LogP contribution in [-0.4, -0.2) is 28.2 Å². The number of H-pyrrole nitrogens is 1. The molecule has 0 saturated heterocycles. The Hall–Kier alpha value is -2.95. The van der Waals surface area contributed by atoms with Crippen molar-refractivity contribution in [3.05, 3.63) is 76.2 Å². The molecule has 4 rings (SSSR count). The maximum absolute atomic E-state index is 12.4. The van der Waals surface area contributed by atoms with E-state index in [0.717, 1.165) is 5.56 Å². The molecule has 3 N–H and O–H groups in total. The van der Waals surface area contributed by atoms with Crippen molar-refractivity contribution in [2.45, 2.75) is 22.7 Å². The van der Waals surface area contributed by atoms with E-state index in [1.54, 1.807) is 12.1 Å². The van der Waals surface area contributed by atoms with E-state index in [2.05, 4.69) is 21.1 Å². The first kappa shape index (κ1) is 19.4. The number of nitrogens with zero attached hydrogens (tertiary/aromatic N) is 3. The number of nitrogens with one attached hydrogen (secondary N) is 1. The topological polar surface area (TPSA) is 124 Å². The summed E-state index contributed by atoms with van der Waals surface area (Å²) in [6.45, 7) is 2.03. The van der Waals surface area contributed by atoms with Gasteiger partial charge >= 0.3 is 0 Å². The maximum atomic E-state index is 12.4. The minimum Gasteiger partial charge on any atom is -0.301 e. The van der Waals surface area contributed by atoms with E-state index in [1.807, 2.05) is 25.1 Å². The van der Waals surface area contributed by atoms with Crippen LogP contribution in [0, 0.1) is 6.92 Å². The summed E-state index contributed by atoms with van der Waals surface area (Å²) in [6.07, 6.45) is 1.43. The molecule has 0 spiro atoms. The summed E-state index contributed by atoms with van der Waals surface area (Å²) in [5.41, 5.74) is 2.98. The predicted molar refractivity (Wildman–Crippen MR) is 112 cm³/mol. The molecule has 0 aliphatic carbocycles. The standard InChI is InChI=1S/C19H17N5O3S2/c1-12-3-2-4-13(9-12)11-28-19-22-17-16(18(25)23-19)10-21-24(17)14-5-7-15(8-6-14)29(20,26)27/h2-10H,11H2,1H3,(H2,20,26,27)(H,22,23,25). The SMILES string of the molecule is Cc1cccc(CSc2nc3c(cnn3-c3ccc(S(N)(=O)=O)cc3)c(=O)[nH]2)c1. The van der Waals surface area contributed by atoms with Crippen LogP contribution < -0.4 is 10.7 Å². The number of thioether (sulfide) groups is 1. The fourth-order valence-electron chi connectivity index (χ4n) is 2.89. The maximum Gasteiger partial charge on any atom is 0.262 e. The first-order valence-electron chi connectivity index (χ1n) is 8.61. The Balaban J connectivity index is 1.69. The van der Waals surface area contributed by atoms with Gasteiger partial charge in [0.15, 0.2) is 10.8 Å². The molecule has 0 fully saturated rings. The number of hydrogen-bond donors (Lipinski definition) is 2. The van der Waals surface area contributed by atoms with Crippen LogP contribution in [-0.2, 0) is 15.8 Å². The van der Waals surface area contributed by atoms with Crippen molar-refractivity contribution >= 4 is 32.8 Å². The van der Waals surface area contributed by atoms with E-state index in [0.29, 0.717) is 27.6 Å². The van der Waals surface area contributed by atoms with Gasteiger partial charge in [0.1, 0.15) is 5.39 Å². The van der Waals surface area contributed by atoms with Crippen LogP contribution in [0.1, 0.15) is 11.1 Å². The number of nitrogens with two attached hydrogens (primary N) is 1. The molecule has 0 aliphatic heterocycles. The molecule has 8 nitrogen and oxygen atoms in total. The number of fused-ring (bicyclic) bond motifs is 1. The van der Waals surface area contributed by atoms with Crippen molar-refractivity contribution in [2.24, 2.45) is 5.14 Å². The van der Waals surface area contributed by atoms with Crippen molar-refractivity contribution < 1.29 is 8.42 Å². The van der Waals surface area contributed by atoms with Gasteiger partial charge in [-0.05, 0) is 36.8 Å². The average molecular weight is 428 g/mol. The highest BCUT2D eigenvalue weighted by Gasteiger charge is 2.13. The Labute approximate surface area is 170 Å². The third-order valence-electron chi connectivity index (χ3n) is 4.28. The summed E-state index contributed by atoms with van der Waals surface area (Å²) in [6, 6.07) is 14.0. The van der Waals surface area contributed by atoms with Crippen molar-refractivity contribution in [1.82, 2.24) is 19.7 Å². The summed E-state index contributed by atoms with van der Waals surface area (Å²) >= 11 is 1.42. The van der Waals surface area contributed by atoms with Gasteiger partial charge in [-0.15, -0.1) is 0 Å². The summed E-state index contributed by atoms with van der Waals surface area (Å²) < 4.78 is 24.4. The summed E-state index contributed by atoms with van der Waals surface area (Å²) in [5.74, 6) is 0.660. The molecule has 10 heteroatoms. The van der Waals surface area contributed by atoms with Crippen LogP contribution in [0.15, 0.2) is 69.6 Å². The minimum atomic E-state index is -3.78. The van der Waals surface area contributed by atoms with E-state index in [-0.39, 0.29) is 10.5 Å². The first-order valence-corrected chi connectivity index (χ1v) is 11.1. The van der Waals surface area contributed by atoms with E-state index >= 15 is 0 Å². The molecule has 4 aromatic rings. The number of sulfonamides is 1. The van der Waals surface area contributed by atoms with Crippen LogP contribution in [0.3, 0.4) is 0 Å². The van der Waals surface area contributed by atoms with Gasteiger partial charge in [0.2, 0.25) is 10.0 Å². The lowest BCUT2D eigenvalue weighted by molar-refractivity contribution is 0.598. The van der Waals surface area contributed by atoms with Crippen LogP contribution in [0.25, 0.3) is 16.7 Å². The van der Waals surface area contributed by atoms with Gasteiger partial charge in [-0.1, -0.05) is 41.6 Å². The summed E-state index contributed by atoms with van der Waals surface area (Å²) in [5, 5.41) is 10.2. The lowest BCUT2D eigenvalue weighted by Gasteiger charge is -2.06. The number of aryl methyl sites for hydroxylation is 1. The highest BCUT2D eigenvalue weighted by molar-refractivity contribution is 7.98. The lowest BCUT2D eigenvalue weighted by Crippen LogP contribution is -2.12. The number of benzene rings is 2. The van der Waals surface area contributed by atoms with Gasteiger partial charge in [-0.2, -0.15) is 5.10 Å². The van der Waals surface area contributed by atoms with E-state index in [4.69, 9.17) is 5.14 Å². The van der Waals surface area contributed by atoms with E-state index in [9.17, 15) is 13.2 Å². The Morgan fingerprint density at radius 3 is 2.62 bits per heavy atom. The van der Waals surface area contributed by atoms with Crippen LogP contribution in [0.5, 0.6) is 0 Å². The molecule has 2 aromatic heterocycles. The number of hydrogen-bond acceptors (Lipinski definition) is 6. The fourth-order valence-corrected chi connectivity index (χ4v) is 4.20. The third-order valence-corrected chi connectivity index (χ3v) is 6.16. The summed E-state index contributed by atoms with van der Waals surface area (Å²) in [4.78, 5) is 19.8. The number of rotatable bonds is 5. The number of aromatic amines is 1. The second-order valence-corrected chi connectivity index (χ2v) is 9.01. The molecule has 29 heavy (non-hydrogen) atoms. The van der Waals surface area contributed by atoms with Gasteiger partial charge in [-0.25, -0.2) is 23.2 Å². The zero-order valence-corrected chi connectivity index (χ0v) is 17.0. The van der Waals surface area contributed by atoms with Crippen LogP contribution >= 0.6 is 11.8 Å². The van der Waals surface area contributed by atoms with Gasteiger partial charge in [-0.3, -0.25) is 4.79 Å². The van der Waals surface area contributed by atoms with Crippen molar-refractivity contribution in [2.75, 3.05) is 0 Å². The number of primary sulfonamides is 1. The second kappa shape index (κ2) is 7.47. The Morgan fingerprint density at radius 2 is 1.93 bits per heavy atom. The zero-order chi connectivity index (χ0) is 20.6. The highest BCUT2D eigenvalue weighted by atomic mass is 32.2. The van der Waals surface area contributed by atoms with Gasteiger partial charge in [0.05, 0.1) is 16.8 Å². The molecule has 0 bridgehead atoms. The Bertz CT molecular complexity index is 1360. The van der Waals surface area contributed by atoms with Gasteiger partial charge in [0, 0.05) is 5.75 Å². The molecule has 0 radical (unpaired) electrons. The minimum absolute atomic E-state index is 0.00193. The summed E-state index contributed by atoms with van der Waals surface area (Å²) in [7, 11) is -3.78. The normalized spacial score (nSPS) is 11.8. The van der Waals surface area contributed by atoms with Crippen molar-refractivity contribution in [3.8, 4) is 5.69 Å². The lowest BCUT2D eigenvalue weighted by atomic mass is 10.2. The molecule has 0 aliphatic rings. The van der Waals surface area contributed by atoms with Crippen LogP contribution in [0.4, 0.5) is 0 Å². The molecule has 148 valence electrons. The Kier molecular flexibility index (Phi) is 4.99. The molecule has 0 atom stereocenters. The second-order valence-electron chi connectivity index (χ2n) is 6.48. The first-order chi connectivity index (χ1) is 13.8. The monoisotopic (exact) mass is 427 g/mol. The molecule has 0 unspecified atom stereocenters.